The van der Waals surface area contributed by atoms with Crippen molar-refractivity contribution < 1.29 is 32.4 Å². The lowest BCUT2D eigenvalue weighted by Crippen LogP contribution is -2.12. The molecule has 9 heteroatoms. The Kier molecular flexibility index (Phi) is 12.8. The summed E-state index contributed by atoms with van der Waals surface area (Å²) in [5.41, 5.74) is 0.586. The highest BCUT2D eigenvalue weighted by Crippen LogP contribution is 2.24. The van der Waals surface area contributed by atoms with Crippen LogP contribution in [0.4, 0.5) is 5.69 Å². The van der Waals surface area contributed by atoms with Crippen molar-refractivity contribution >= 4 is 27.7 Å². The molecule has 1 aromatic rings. The number of carbonyl (C=O) groups is 2. The zero-order valence-corrected chi connectivity index (χ0v) is 18.2. The molecule has 3 N–H and O–H groups in total. The van der Waals surface area contributed by atoms with Gasteiger partial charge in [0.05, 0.1) is 18.0 Å². The molecule has 0 saturated heterocycles. The van der Waals surface area contributed by atoms with Crippen LogP contribution in [-0.4, -0.2) is 42.3 Å². The molecule has 0 atom stereocenters. The summed E-state index contributed by atoms with van der Waals surface area (Å²) in [5, 5.41) is 11.5. The predicted octanol–water partition coefficient (Wildman–Crippen LogP) is 4.27. The molecule has 30 heavy (non-hydrogen) atoms. The Morgan fingerprint density at radius 2 is 1.47 bits per heavy atom. The summed E-state index contributed by atoms with van der Waals surface area (Å²) in [6, 6.07) is 7.10. The van der Waals surface area contributed by atoms with Gasteiger partial charge in [-0.15, -0.1) is 0 Å². The minimum Gasteiger partial charge on any atom is -0.491 e. The average molecular weight is 444 g/mol. The van der Waals surface area contributed by atoms with Gasteiger partial charge in [0.15, 0.2) is 0 Å². The van der Waals surface area contributed by atoms with Gasteiger partial charge in [0.25, 0.3) is 10.1 Å². The molecule has 0 unspecified atom stereocenters. The highest BCUT2D eigenvalue weighted by atomic mass is 32.2. The smallest absolute Gasteiger partial charge is 0.303 e. The lowest BCUT2D eigenvalue weighted by atomic mass is 10.1. The summed E-state index contributed by atoms with van der Waals surface area (Å²) in [6.45, 7) is 0.273. The Hall–Kier alpha value is -2.13. The zero-order valence-electron chi connectivity index (χ0n) is 17.3. The molecule has 0 heterocycles. The molecule has 0 spiro atoms. The van der Waals surface area contributed by atoms with Crippen molar-refractivity contribution in [2.24, 2.45) is 0 Å². The van der Waals surface area contributed by atoms with E-state index >= 15 is 0 Å². The number of para-hydroxylation sites is 2. The summed E-state index contributed by atoms with van der Waals surface area (Å²) in [7, 11) is -3.84. The van der Waals surface area contributed by atoms with Gasteiger partial charge in [-0.25, -0.2) is 0 Å². The maximum atomic E-state index is 12.2. The summed E-state index contributed by atoms with van der Waals surface area (Å²) in [6.07, 6.45) is 7.91. The van der Waals surface area contributed by atoms with Crippen LogP contribution >= 0.6 is 0 Å². The largest absolute Gasteiger partial charge is 0.491 e. The molecule has 0 fully saturated rings. The number of benzene rings is 1. The molecule has 0 aromatic heterocycles. The van der Waals surface area contributed by atoms with Crippen LogP contribution in [0.2, 0.25) is 0 Å². The third kappa shape index (κ3) is 13.9. The summed E-state index contributed by atoms with van der Waals surface area (Å²) in [4.78, 5) is 22.7. The molecule has 8 nitrogen and oxygen atoms in total. The van der Waals surface area contributed by atoms with E-state index in [2.05, 4.69) is 5.32 Å². The fraction of sp³-hybridized carbons (Fsp3) is 0.619. The Morgan fingerprint density at radius 1 is 0.867 bits per heavy atom. The van der Waals surface area contributed by atoms with E-state index < -0.39 is 16.1 Å². The summed E-state index contributed by atoms with van der Waals surface area (Å²) < 4.78 is 35.4. The third-order valence-electron chi connectivity index (χ3n) is 4.51. The molecule has 0 aliphatic rings. The Bertz CT molecular complexity index is 749. The quantitative estimate of drug-likeness (QED) is 0.242. The Labute approximate surface area is 178 Å². The van der Waals surface area contributed by atoms with E-state index in [9.17, 15) is 18.0 Å². The number of ether oxygens (including phenoxy) is 1. The number of carbonyl (C=O) groups excluding carboxylic acids is 1. The molecule has 0 radical (unpaired) electrons. The van der Waals surface area contributed by atoms with Crippen molar-refractivity contribution in [1.29, 1.82) is 0 Å². The third-order valence-corrected chi connectivity index (χ3v) is 5.31. The first kappa shape index (κ1) is 25.9. The molecule has 0 aliphatic heterocycles. The van der Waals surface area contributed by atoms with Crippen molar-refractivity contribution in [3.63, 3.8) is 0 Å². The number of amides is 1. The maximum Gasteiger partial charge on any atom is 0.303 e. The highest BCUT2D eigenvalue weighted by molar-refractivity contribution is 7.85. The van der Waals surface area contributed by atoms with E-state index in [0.29, 0.717) is 30.7 Å². The number of hydrogen-bond acceptors (Lipinski definition) is 5. The van der Waals surface area contributed by atoms with E-state index in [1.807, 2.05) is 0 Å². The van der Waals surface area contributed by atoms with E-state index in [1.165, 1.54) is 0 Å². The van der Waals surface area contributed by atoms with Crippen LogP contribution in [0, 0.1) is 0 Å². The average Bonchev–Trinajstić information content (AvgIpc) is 2.67. The van der Waals surface area contributed by atoms with Crippen LogP contribution in [0.1, 0.15) is 70.6 Å². The van der Waals surface area contributed by atoms with Gasteiger partial charge < -0.3 is 15.2 Å². The molecule has 1 amide bonds. The topological polar surface area (TPSA) is 130 Å². The molecular weight excluding hydrogens is 410 g/mol. The highest BCUT2D eigenvalue weighted by Gasteiger charge is 2.08. The first-order valence-corrected chi connectivity index (χ1v) is 12.1. The number of carboxylic acid groups (broad SMARTS) is 1. The number of aliphatic carboxylic acids is 1. The molecule has 170 valence electrons. The van der Waals surface area contributed by atoms with Gasteiger partial charge in [-0.1, -0.05) is 50.7 Å². The SMILES string of the molecule is O=C(O)CCCOc1ccccc1NC(=O)CCCCCCCCCCS(=O)(=O)O. The number of nitrogens with one attached hydrogen (secondary N) is 1. The maximum absolute atomic E-state index is 12.2. The molecule has 1 aromatic carbocycles. The summed E-state index contributed by atoms with van der Waals surface area (Å²) >= 11 is 0. The number of hydrogen-bond donors (Lipinski definition) is 3. The fourth-order valence-corrected chi connectivity index (χ4v) is 3.51. The minimum absolute atomic E-state index is 0.0408. The molecular formula is C21H33NO7S. The van der Waals surface area contributed by atoms with Crippen LogP contribution in [0.15, 0.2) is 24.3 Å². The fourth-order valence-electron chi connectivity index (χ4n) is 2.94. The predicted molar refractivity (Wildman–Crippen MR) is 115 cm³/mol. The van der Waals surface area contributed by atoms with Crippen molar-refractivity contribution in [2.75, 3.05) is 17.7 Å². The van der Waals surface area contributed by atoms with Crippen molar-refractivity contribution in [1.82, 2.24) is 0 Å². The Morgan fingerprint density at radius 3 is 2.10 bits per heavy atom. The van der Waals surface area contributed by atoms with Crippen molar-refractivity contribution in [3.05, 3.63) is 24.3 Å². The van der Waals surface area contributed by atoms with Gasteiger partial charge in [-0.2, -0.15) is 8.42 Å². The van der Waals surface area contributed by atoms with E-state index in [1.54, 1.807) is 24.3 Å². The first-order chi connectivity index (χ1) is 14.3. The lowest BCUT2D eigenvalue weighted by molar-refractivity contribution is -0.137. The number of rotatable bonds is 17. The second kappa shape index (κ2) is 14.8. The Balaban J connectivity index is 2.13. The van der Waals surface area contributed by atoms with Crippen LogP contribution in [-0.2, 0) is 19.7 Å². The van der Waals surface area contributed by atoms with Crippen molar-refractivity contribution in [2.45, 2.75) is 70.6 Å². The van der Waals surface area contributed by atoms with Crippen LogP contribution in [0.3, 0.4) is 0 Å². The second-order valence-corrected chi connectivity index (χ2v) is 8.83. The lowest BCUT2D eigenvalue weighted by Gasteiger charge is -2.12. The minimum atomic E-state index is -3.84. The van der Waals surface area contributed by atoms with Gasteiger partial charge in [-0.05, 0) is 31.4 Å². The van der Waals surface area contributed by atoms with Crippen LogP contribution in [0.25, 0.3) is 0 Å². The van der Waals surface area contributed by atoms with Crippen molar-refractivity contribution in [3.8, 4) is 5.75 Å². The van der Waals surface area contributed by atoms with E-state index in [-0.39, 0.29) is 24.7 Å². The monoisotopic (exact) mass is 443 g/mol. The molecule has 0 saturated carbocycles. The van der Waals surface area contributed by atoms with Gasteiger partial charge in [0.2, 0.25) is 5.91 Å². The molecule has 0 bridgehead atoms. The second-order valence-electron chi connectivity index (χ2n) is 7.25. The first-order valence-electron chi connectivity index (χ1n) is 10.5. The zero-order chi connectivity index (χ0) is 22.2. The van der Waals surface area contributed by atoms with Crippen LogP contribution < -0.4 is 10.1 Å². The molecule has 0 aliphatic carbocycles. The normalized spacial score (nSPS) is 11.2. The van der Waals surface area contributed by atoms with E-state index in [4.69, 9.17) is 14.4 Å². The van der Waals surface area contributed by atoms with Crippen LogP contribution in [0.5, 0.6) is 5.75 Å². The summed E-state index contributed by atoms with van der Waals surface area (Å²) in [5.74, 6) is -0.581. The number of anilines is 1. The van der Waals surface area contributed by atoms with Gasteiger partial charge >= 0.3 is 5.97 Å². The van der Waals surface area contributed by atoms with Gasteiger partial charge in [-0.3, -0.25) is 14.1 Å². The van der Waals surface area contributed by atoms with E-state index in [0.717, 1.165) is 44.9 Å². The van der Waals surface area contributed by atoms with Gasteiger partial charge in [0.1, 0.15) is 5.75 Å². The number of carboxylic acids is 1. The van der Waals surface area contributed by atoms with Gasteiger partial charge in [0, 0.05) is 12.8 Å². The molecule has 1 rings (SSSR count). The number of unbranched alkanes of at least 4 members (excludes halogenated alkanes) is 7. The standard InChI is InChI=1S/C21H33NO7S/c23-20(14-7-5-3-1-2-4-6-10-17-30(26,27)28)22-18-12-8-9-13-19(18)29-16-11-15-21(24)25/h8-9,12-13H,1-7,10-11,14-17H2,(H,22,23)(H,24,25)(H,26,27,28).